The Balaban J connectivity index is 2.52. The van der Waals surface area contributed by atoms with Crippen molar-refractivity contribution in [3.05, 3.63) is 24.3 Å². The second-order valence-electron chi connectivity index (χ2n) is 3.95. The van der Waals surface area contributed by atoms with Gasteiger partial charge >= 0.3 is 6.03 Å². The van der Waals surface area contributed by atoms with Crippen molar-refractivity contribution in [3.8, 4) is 5.75 Å². The number of methoxy groups -OCH3 is 1. The van der Waals surface area contributed by atoms with Crippen LogP contribution in [0.3, 0.4) is 0 Å². The summed E-state index contributed by atoms with van der Waals surface area (Å²) in [5.41, 5.74) is 0.672. The summed E-state index contributed by atoms with van der Waals surface area (Å²) < 4.78 is 5.07. The van der Waals surface area contributed by atoms with E-state index in [1.165, 1.54) is 0 Å². The zero-order valence-corrected chi connectivity index (χ0v) is 10.8. The van der Waals surface area contributed by atoms with Gasteiger partial charge in [0.2, 0.25) is 0 Å². The van der Waals surface area contributed by atoms with E-state index in [0.29, 0.717) is 17.9 Å². The van der Waals surface area contributed by atoms with Crippen LogP contribution in [0.1, 0.15) is 19.8 Å². The van der Waals surface area contributed by atoms with Crippen LogP contribution in [0.4, 0.5) is 10.5 Å². The Labute approximate surface area is 107 Å². The van der Waals surface area contributed by atoms with Crippen molar-refractivity contribution in [2.45, 2.75) is 25.8 Å². The normalized spacial score (nSPS) is 11.7. The second kappa shape index (κ2) is 7.55. The third-order valence-electron chi connectivity index (χ3n) is 2.63. The average Bonchev–Trinajstić information content (AvgIpc) is 2.38. The van der Waals surface area contributed by atoms with Crippen LogP contribution in [0.15, 0.2) is 24.3 Å². The molecule has 0 aliphatic carbocycles. The molecule has 0 aliphatic rings. The molecule has 100 valence electrons. The van der Waals surface area contributed by atoms with Gasteiger partial charge in [-0.25, -0.2) is 4.79 Å². The predicted molar refractivity (Wildman–Crippen MR) is 70.9 cm³/mol. The van der Waals surface area contributed by atoms with E-state index in [2.05, 4.69) is 10.6 Å². The first kappa shape index (κ1) is 14.3. The highest BCUT2D eigenvalue weighted by molar-refractivity contribution is 5.89. The summed E-state index contributed by atoms with van der Waals surface area (Å²) >= 11 is 0. The fourth-order valence-corrected chi connectivity index (χ4v) is 1.59. The van der Waals surface area contributed by atoms with Crippen LogP contribution in [-0.2, 0) is 0 Å². The minimum atomic E-state index is -0.274. The molecule has 0 heterocycles. The highest BCUT2D eigenvalue weighted by Gasteiger charge is 2.09. The number of anilines is 1. The van der Waals surface area contributed by atoms with Gasteiger partial charge in [0.1, 0.15) is 5.75 Å². The number of aliphatic hydroxyl groups is 1. The Kier molecular flexibility index (Phi) is 6.00. The van der Waals surface area contributed by atoms with Gasteiger partial charge in [0.15, 0.2) is 0 Å². The molecule has 1 rings (SSSR count). The molecule has 0 aromatic heterocycles. The monoisotopic (exact) mass is 252 g/mol. The molecule has 0 bridgehead atoms. The van der Waals surface area contributed by atoms with Crippen molar-refractivity contribution in [3.63, 3.8) is 0 Å². The largest absolute Gasteiger partial charge is 0.497 e. The van der Waals surface area contributed by atoms with Crippen LogP contribution in [0.2, 0.25) is 0 Å². The lowest BCUT2D eigenvalue weighted by molar-refractivity contribution is 0.237. The molecule has 0 spiro atoms. The second-order valence-corrected chi connectivity index (χ2v) is 3.95. The van der Waals surface area contributed by atoms with E-state index in [-0.39, 0.29) is 18.7 Å². The lowest BCUT2D eigenvalue weighted by Crippen LogP contribution is -2.38. The number of hydrogen-bond acceptors (Lipinski definition) is 3. The lowest BCUT2D eigenvalue weighted by atomic mass is 10.2. The van der Waals surface area contributed by atoms with Gasteiger partial charge in [-0.15, -0.1) is 0 Å². The molecule has 1 atom stereocenters. The molecule has 5 heteroatoms. The Bertz CT molecular complexity index is 382. The van der Waals surface area contributed by atoms with Crippen LogP contribution >= 0.6 is 0 Å². The average molecular weight is 252 g/mol. The highest BCUT2D eigenvalue weighted by atomic mass is 16.5. The number of benzene rings is 1. The SMILES string of the molecule is CCC(CCO)NC(=O)Nc1cccc(OC)c1. The van der Waals surface area contributed by atoms with E-state index >= 15 is 0 Å². The van der Waals surface area contributed by atoms with Crippen LogP contribution in [0.25, 0.3) is 0 Å². The Hall–Kier alpha value is -1.75. The maximum atomic E-state index is 11.7. The number of amides is 2. The van der Waals surface area contributed by atoms with Gasteiger partial charge in [-0.05, 0) is 25.0 Å². The molecule has 2 amide bonds. The lowest BCUT2D eigenvalue weighted by Gasteiger charge is -2.16. The first-order chi connectivity index (χ1) is 8.69. The van der Waals surface area contributed by atoms with E-state index in [1.807, 2.05) is 13.0 Å². The molecule has 1 unspecified atom stereocenters. The van der Waals surface area contributed by atoms with Gasteiger partial charge in [-0.3, -0.25) is 0 Å². The van der Waals surface area contributed by atoms with Gasteiger partial charge in [0.05, 0.1) is 7.11 Å². The van der Waals surface area contributed by atoms with Crippen molar-refractivity contribution in [1.29, 1.82) is 0 Å². The number of carbonyl (C=O) groups excluding carboxylic acids is 1. The van der Waals surface area contributed by atoms with Crippen LogP contribution in [0.5, 0.6) is 5.75 Å². The Morgan fingerprint density at radius 1 is 1.50 bits per heavy atom. The van der Waals surface area contributed by atoms with Gasteiger partial charge in [0, 0.05) is 24.4 Å². The molecule has 1 aromatic rings. The first-order valence-electron chi connectivity index (χ1n) is 6.02. The zero-order valence-electron chi connectivity index (χ0n) is 10.8. The summed E-state index contributed by atoms with van der Waals surface area (Å²) in [6, 6.07) is 6.86. The summed E-state index contributed by atoms with van der Waals surface area (Å²) in [6.07, 6.45) is 1.34. The van der Waals surface area contributed by atoms with Crippen molar-refractivity contribution in [1.82, 2.24) is 5.32 Å². The van der Waals surface area contributed by atoms with E-state index in [9.17, 15) is 4.79 Å². The van der Waals surface area contributed by atoms with Crippen molar-refractivity contribution in [2.24, 2.45) is 0 Å². The van der Waals surface area contributed by atoms with Crippen LogP contribution in [-0.4, -0.2) is 30.9 Å². The molecule has 0 aliphatic heterocycles. The van der Waals surface area contributed by atoms with Gasteiger partial charge in [-0.1, -0.05) is 13.0 Å². The van der Waals surface area contributed by atoms with E-state index in [1.54, 1.807) is 25.3 Å². The van der Waals surface area contributed by atoms with Crippen molar-refractivity contribution >= 4 is 11.7 Å². The number of nitrogens with one attached hydrogen (secondary N) is 2. The minimum Gasteiger partial charge on any atom is -0.497 e. The van der Waals surface area contributed by atoms with E-state index in [4.69, 9.17) is 9.84 Å². The molecule has 3 N–H and O–H groups in total. The number of urea groups is 1. The van der Waals surface area contributed by atoms with E-state index < -0.39 is 0 Å². The minimum absolute atomic E-state index is 0.0133. The maximum absolute atomic E-state index is 11.7. The molecule has 5 nitrogen and oxygen atoms in total. The number of ether oxygens (including phenoxy) is 1. The molecule has 0 fully saturated rings. The zero-order chi connectivity index (χ0) is 13.4. The molecule has 1 aromatic carbocycles. The summed E-state index contributed by atoms with van der Waals surface area (Å²) in [5.74, 6) is 0.690. The van der Waals surface area contributed by atoms with Gasteiger partial charge < -0.3 is 20.5 Å². The van der Waals surface area contributed by atoms with Crippen molar-refractivity contribution in [2.75, 3.05) is 19.0 Å². The van der Waals surface area contributed by atoms with Crippen LogP contribution < -0.4 is 15.4 Å². The standard InChI is InChI=1S/C13H20N2O3/c1-3-10(7-8-16)14-13(17)15-11-5-4-6-12(9-11)18-2/h4-6,9-10,16H,3,7-8H2,1-2H3,(H2,14,15,17). The fourth-order valence-electron chi connectivity index (χ4n) is 1.59. The quantitative estimate of drug-likeness (QED) is 0.725. The molecule has 0 saturated carbocycles. The summed E-state index contributed by atoms with van der Waals surface area (Å²) in [6.45, 7) is 2.03. The molecule has 18 heavy (non-hydrogen) atoms. The third-order valence-corrected chi connectivity index (χ3v) is 2.63. The number of rotatable bonds is 6. The Morgan fingerprint density at radius 2 is 2.28 bits per heavy atom. The molecule has 0 radical (unpaired) electrons. The molecular formula is C13H20N2O3. The Morgan fingerprint density at radius 3 is 2.89 bits per heavy atom. The number of aliphatic hydroxyl groups excluding tert-OH is 1. The predicted octanol–water partition coefficient (Wildman–Crippen LogP) is 1.98. The smallest absolute Gasteiger partial charge is 0.319 e. The summed E-state index contributed by atoms with van der Waals surface area (Å²) in [5, 5.41) is 14.4. The topological polar surface area (TPSA) is 70.6 Å². The fraction of sp³-hybridized carbons (Fsp3) is 0.462. The number of carbonyl (C=O) groups is 1. The molecular weight excluding hydrogens is 232 g/mol. The number of hydrogen-bond donors (Lipinski definition) is 3. The summed E-state index contributed by atoms with van der Waals surface area (Å²) in [7, 11) is 1.58. The van der Waals surface area contributed by atoms with E-state index in [0.717, 1.165) is 6.42 Å². The molecule has 0 saturated heterocycles. The first-order valence-corrected chi connectivity index (χ1v) is 6.02. The highest BCUT2D eigenvalue weighted by Crippen LogP contribution is 2.16. The van der Waals surface area contributed by atoms with Gasteiger partial charge in [-0.2, -0.15) is 0 Å². The maximum Gasteiger partial charge on any atom is 0.319 e. The van der Waals surface area contributed by atoms with Gasteiger partial charge in [0.25, 0.3) is 0 Å². The summed E-state index contributed by atoms with van der Waals surface area (Å²) in [4.78, 5) is 11.7. The van der Waals surface area contributed by atoms with Crippen molar-refractivity contribution < 1.29 is 14.6 Å². The van der Waals surface area contributed by atoms with Crippen LogP contribution in [0, 0.1) is 0 Å². The third kappa shape index (κ3) is 4.63.